The molecule has 1 fully saturated rings. The number of hydrogen-bond donors (Lipinski definition) is 1. The summed E-state index contributed by atoms with van der Waals surface area (Å²) in [5, 5.41) is 0. The van der Waals surface area contributed by atoms with E-state index in [-0.39, 0.29) is 5.78 Å². The normalized spacial score (nSPS) is 19.6. The SMILES string of the molecule is CC(N)(C(=O)Cc1ccncc1)C1CC1. The molecule has 1 aliphatic carbocycles. The second-order valence-electron chi connectivity index (χ2n) is 4.51. The third-order valence-corrected chi connectivity index (χ3v) is 3.14. The average molecular weight is 204 g/mol. The lowest BCUT2D eigenvalue weighted by molar-refractivity contribution is -0.123. The van der Waals surface area contributed by atoms with Gasteiger partial charge in [0.05, 0.1) is 5.54 Å². The van der Waals surface area contributed by atoms with Crippen molar-refractivity contribution >= 4 is 5.78 Å². The van der Waals surface area contributed by atoms with E-state index in [9.17, 15) is 4.79 Å². The summed E-state index contributed by atoms with van der Waals surface area (Å²) < 4.78 is 0. The van der Waals surface area contributed by atoms with E-state index >= 15 is 0 Å². The molecular weight excluding hydrogens is 188 g/mol. The zero-order chi connectivity index (χ0) is 10.9. The van der Waals surface area contributed by atoms with E-state index in [1.165, 1.54) is 0 Å². The van der Waals surface area contributed by atoms with Gasteiger partial charge in [-0.1, -0.05) is 0 Å². The highest BCUT2D eigenvalue weighted by atomic mass is 16.1. The quantitative estimate of drug-likeness (QED) is 0.804. The molecule has 2 rings (SSSR count). The molecule has 0 bridgehead atoms. The number of carbonyl (C=O) groups is 1. The molecule has 1 saturated carbocycles. The van der Waals surface area contributed by atoms with Crippen LogP contribution < -0.4 is 5.73 Å². The average Bonchev–Trinajstić information content (AvgIpc) is 3.02. The van der Waals surface area contributed by atoms with Crippen molar-refractivity contribution in [1.29, 1.82) is 0 Å². The number of pyridine rings is 1. The Hall–Kier alpha value is -1.22. The molecule has 1 aromatic heterocycles. The Kier molecular flexibility index (Phi) is 2.57. The predicted octanol–water partition coefficient (Wildman–Crippen LogP) is 1.32. The molecule has 1 unspecified atom stereocenters. The van der Waals surface area contributed by atoms with Gasteiger partial charge >= 0.3 is 0 Å². The van der Waals surface area contributed by atoms with Gasteiger partial charge in [0.25, 0.3) is 0 Å². The maximum atomic E-state index is 12.0. The fourth-order valence-electron chi connectivity index (χ4n) is 1.79. The lowest BCUT2D eigenvalue weighted by atomic mass is 9.88. The number of aromatic nitrogens is 1. The fourth-order valence-corrected chi connectivity index (χ4v) is 1.79. The summed E-state index contributed by atoms with van der Waals surface area (Å²) in [5.41, 5.74) is 6.41. The molecule has 80 valence electrons. The van der Waals surface area contributed by atoms with Gasteiger partial charge in [-0.3, -0.25) is 9.78 Å². The number of ketones is 1. The van der Waals surface area contributed by atoms with Crippen LogP contribution in [0.2, 0.25) is 0 Å². The maximum absolute atomic E-state index is 12.0. The Morgan fingerprint density at radius 3 is 2.67 bits per heavy atom. The minimum absolute atomic E-state index is 0.135. The van der Waals surface area contributed by atoms with Crippen LogP contribution in [-0.2, 0) is 11.2 Å². The Balaban J connectivity index is 2.03. The zero-order valence-corrected chi connectivity index (χ0v) is 8.94. The number of hydrogen-bond acceptors (Lipinski definition) is 3. The van der Waals surface area contributed by atoms with Crippen molar-refractivity contribution in [3.63, 3.8) is 0 Å². The first kappa shape index (κ1) is 10.3. The Morgan fingerprint density at radius 2 is 2.13 bits per heavy atom. The van der Waals surface area contributed by atoms with E-state index in [1.54, 1.807) is 12.4 Å². The molecule has 0 radical (unpaired) electrons. The van der Waals surface area contributed by atoms with E-state index < -0.39 is 5.54 Å². The van der Waals surface area contributed by atoms with Crippen molar-refractivity contribution in [3.8, 4) is 0 Å². The van der Waals surface area contributed by atoms with Crippen LogP contribution in [0.15, 0.2) is 24.5 Å². The van der Waals surface area contributed by atoms with Gasteiger partial charge in [0.1, 0.15) is 0 Å². The molecule has 3 heteroatoms. The van der Waals surface area contributed by atoms with E-state index in [4.69, 9.17) is 5.73 Å². The minimum Gasteiger partial charge on any atom is -0.319 e. The van der Waals surface area contributed by atoms with Crippen molar-refractivity contribution < 1.29 is 4.79 Å². The standard InChI is InChI=1S/C12H16N2O/c1-12(13,10-2-3-10)11(15)8-9-4-6-14-7-5-9/h4-7,10H,2-3,8,13H2,1H3. The van der Waals surface area contributed by atoms with Crippen LogP contribution in [0.4, 0.5) is 0 Å². The lowest BCUT2D eigenvalue weighted by Crippen LogP contribution is -2.47. The highest BCUT2D eigenvalue weighted by Crippen LogP contribution is 2.38. The fraction of sp³-hybridized carbons (Fsp3) is 0.500. The van der Waals surface area contributed by atoms with Crippen LogP contribution in [0, 0.1) is 5.92 Å². The molecule has 1 heterocycles. The highest BCUT2D eigenvalue weighted by Gasteiger charge is 2.43. The molecule has 0 aliphatic heterocycles. The molecule has 1 atom stereocenters. The summed E-state index contributed by atoms with van der Waals surface area (Å²) >= 11 is 0. The predicted molar refractivity (Wildman–Crippen MR) is 58.3 cm³/mol. The molecule has 0 aromatic carbocycles. The lowest BCUT2D eigenvalue weighted by Gasteiger charge is -2.22. The van der Waals surface area contributed by atoms with Gasteiger partial charge in [-0.05, 0) is 43.4 Å². The smallest absolute Gasteiger partial charge is 0.156 e. The second kappa shape index (κ2) is 3.74. The monoisotopic (exact) mass is 204 g/mol. The number of nitrogens with zero attached hydrogens (tertiary/aromatic N) is 1. The summed E-state index contributed by atoms with van der Waals surface area (Å²) in [5.74, 6) is 0.531. The molecular formula is C12H16N2O. The van der Waals surface area contributed by atoms with Gasteiger partial charge in [-0.15, -0.1) is 0 Å². The van der Waals surface area contributed by atoms with Gasteiger partial charge in [-0.2, -0.15) is 0 Å². The zero-order valence-electron chi connectivity index (χ0n) is 8.94. The third-order valence-electron chi connectivity index (χ3n) is 3.14. The van der Waals surface area contributed by atoms with Crippen LogP contribution in [0.1, 0.15) is 25.3 Å². The van der Waals surface area contributed by atoms with E-state index in [2.05, 4.69) is 4.98 Å². The summed E-state index contributed by atoms with van der Waals surface area (Å²) in [6.45, 7) is 1.86. The molecule has 15 heavy (non-hydrogen) atoms. The van der Waals surface area contributed by atoms with Crippen molar-refractivity contribution in [2.24, 2.45) is 11.7 Å². The van der Waals surface area contributed by atoms with Crippen LogP contribution in [0.25, 0.3) is 0 Å². The molecule has 1 aliphatic rings. The molecule has 2 N–H and O–H groups in total. The topological polar surface area (TPSA) is 56.0 Å². The first-order valence-corrected chi connectivity index (χ1v) is 5.32. The van der Waals surface area contributed by atoms with Crippen molar-refractivity contribution in [1.82, 2.24) is 4.98 Å². The molecule has 0 spiro atoms. The Morgan fingerprint density at radius 1 is 1.53 bits per heavy atom. The van der Waals surface area contributed by atoms with Crippen LogP contribution >= 0.6 is 0 Å². The van der Waals surface area contributed by atoms with Gasteiger partial charge in [0.15, 0.2) is 5.78 Å². The van der Waals surface area contributed by atoms with Crippen molar-refractivity contribution in [3.05, 3.63) is 30.1 Å². The maximum Gasteiger partial charge on any atom is 0.156 e. The molecule has 0 saturated heterocycles. The van der Waals surface area contributed by atoms with Crippen molar-refractivity contribution in [2.75, 3.05) is 0 Å². The number of Topliss-reactive ketones (excluding diaryl/α,β-unsaturated/α-hetero) is 1. The van der Waals surface area contributed by atoms with Crippen LogP contribution in [0.5, 0.6) is 0 Å². The van der Waals surface area contributed by atoms with Gasteiger partial charge < -0.3 is 5.73 Å². The summed E-state index contributed by atoms with van der Waals surface area (Å²) in [6.07, 6.45) is 6.01. The number of nitrogens with two attached hydrogens (primary N) is 1. The molecule has 0 amide bonds. The van der Waals surface area contributed by atoms with E-state index in [0.29, 0.717) is 12.3 Å². The largest absolute Gasteiger partial charge is 0.319 e. The first-order chi connectivity index (χ1) is 7.10. The summed E-state index contributed by atoms with van der Waals surface area (Å²) in [4.78, 5) is 15.9. The van der Waals surface area contributed by atoms with Gasteiger partial charge in [0, 0.05) is 18.8 Å². The Bertz CT molecular complexity index is 355. The number of carbonyl (C=O) groups excluding carboxylic acids is 1. The van der Waals surface area contributed by atoms with Crippen LogP contribution in [-0.4, -0.2) is 16.3 Å². The summed E-state index contributed by atoms with van der Waals surface area (Å²) in [6, 6.07) is 3.72. The highest BCUT2D eigenvalue weighted by molar-refractivity contribution is 5.90. The van der Waals surface area contributed by atoms with E-state index in [0.717, 1.165) is 18.4 Å². The number of rotatable bonds is 4. The second-order valence-corrected chi connectivity index (χ2v) is 4.51. The molecule has 1 aromatic rings. The van der Waals surface area contributed by atoms with Gasteiger partial charge in [-0.25, -0.2) is 0 Å². The molecule has 3 nitrogen and oxygen atoms in total. The third kappa shape index (κ3) is 2.23. The first-order valence-electron chi connectivity index (χ1n) is 5.32. The van der Waals surface area contributed by atoms with E-state index in [1.807, 2.05) is 19.1 Å². The van der Waals surface area contributed by atoms with Gasteiger partial charge in [0.2, 0.25) is 0 Å². The summed E-state index contributed by atoms with van der Waals surface area (Å²) in [7, 11) is 0. The minimum atomic E-state index is -0.636. The Labute approximate surface area is 89.7 Å². The van der Waals surface area contributed by atoms with Crippen molar-refractivity contribution in [2.45, 2.75) is 31.7 Å². The van der Waals surface area contributed by atoms with Crippen LogP contribution in [0.3, 0.4) is 0 Å².